The van der Waals surface area contributed by atoms with E-state index in [2.05, 4.69) is 10.6 Å². The fourth-order valence-corrected chi connectivity index (χ4v) is 1.46. The van der Waals surface area contributed by atoms with E-state index in [1.54, 1.807) is 20.8 Å². The Kier molecular flexibility index (Phi) is 8.66. The minimum absolute atomic E-state index is 0.0438. The highest BCUT2D eigenvalue weighted by Crippen LogP contribution is 2.08. The monoisotopic (exact) mass is 300 g/mol. The van der Waals surface area contributed by atoms with Gasteiger partial charge in [0.2, 0.25) is 11.8 Å². The number of hydrogen-bond acceptors (Lipinski definition) is 4. The molecule has 0 aliphatic rings. The van der Waals surface area contributed by atoms with Gasteiger partial charge in [0.15, 0.2) is 0 Å². The predicted molar refractivity (Wildman–Crippen MR) is 80.6 cm³/mol. The van der Waals surface area contributed by atoms with E-state index >= 15 is 0 Å². The van der Waals surface area contributed by atoms with Crippen LogP contribution in [-0.2, 0) is 19.1 Å². The molecule has 0 aromatic rings. The minimum Gasteiger partial charge on any atom is -0.460 e. The van der Waals surface area contributed by atoms with Crippen molar-refractivity contribution in [2.75, 3.05) is 6.54 Å². The van der Waals surface area contributed by atoms with E-state index in [9.17, 15) is 14.4 Å². The van der Waals surface area contributed by atoms with Gasteiger partial charge < -0.3 is 15.4 Å². The summed E-state index contributed by atoms with van der Waals surface area (Å²) in [7, 11) is 0. The maximum absolute atomic E-state index is 11.5. The minimum atomic E-state index is -0.540. The maximum atomic E-state index is 11.5. The van der Waals surface area contributed by atoms with Gasteiger partial charge in [-0.3, -0.25) is 14.4 Å². The SMILES string of the molecule is CCC(C)NC(=O)CCNC(=O)CCC(=O)OC(C)(C)C. The van der Waals surface area contributed by atoms with Crippen LogP contribution in [0.4, 0.5) is 0 Å². The van der Waals surface area contributed by atoms with Crippen LogP contribution in [0.15, 0.2) is 0 Å². The first kappa shape index (κ1) is 19.4. The second-order valence-corrected chi connectivity index (χ2v) is 6.06. The van der Waals surface area contributed by atoms with Crippen LogP contribution in [0.3, 0.4) is 0 Å². The number of ether oxygens (including phenoxy) is 1. The number of rotatable bonds is 8. The van der Waals surface area contributed by atoms with Crippen LogP contribution < -0.4 is 10.6 Å². The number of nitrogens with one attached hydrogen (secondary N) is 2. The summed E-state index contributed by atoms with van der Waals surface area (Å²) < 4.78 is 5.10. The lowest BCUT2D eigenvalue weighted by Gasteiger charge is -2.19. The molecule has 0 bridgehead atoms. The molecule has 0 spiro atoms. The molecule has 0 rings (SSSR count). The summed E-state index contributed by atoms with van der Waals surface area (Å²) >= 11 is 0. The third kappa shape index (κ3) is 11.9. The fourth-order valence-electron chi connectivity index (χ4n) is 1.46. The van der Waals surface area contributed by atoms with Gasteiger partial charge in [-0.2, -0.15) is 0 Å². The zero-order valence-electron chi connectivity index (χ0n) is 13.7. The van der Waals surface area contributed by atoms with Gasteiger partial charge in [0, 0.05) is 25.4 Å². The number of amides is 2. The molecule has 0 fully saturated rings. The second-order valence-electron chi connectivity index (χ2n) is 6.06. The van der Waals surface area contributed by atoms with Gasteiger partial charge in [0.25, 0.3) is 0 Å². The lowest BCUT2D eigenvalue weighted by Crippen LogP contribution is -2.35. The highest BCUT2D eigenvalue weighted by molar-refractivity contribution is 5.82. The van der Waals surface area contributed by atoms with Crippen LogP contribution in [0.2, 0.25) is 0 Å². The Balaban J connectivity index is 3.77. The van der Waals surface area contributed by atoms with E-state index in [1.165, 1.54) is 0 Å². The summed E-state index contributed by atoms with van der Waals surface area (Å²) in [6.07, 6.45) is 1.22. The molecule has 6 nitrogen and oxygen atoms in total. The van der Waals surface area contributed by atoms with Crippen molar-refractivity contribution < 1.29 is 19.1 Å². The first-order valence-corrected chi connectivity index (χ1v) is 7.42. The Morgan fingerprint density at radius 2 is 1.67 bits per heavy atom. The van der Waals surface area contributed by atoms with Crippen molar-refractivity contribution in [2.45, 2.75) is 71.9 Å². The molecular weight excluding hydrogens is 272 g/mol. The van der Waals surface area contributed by atoms with Gasteiger partial charge in [0.05, 0.1) is 6.42 Å². The lowest BCUT2D eigenvalue weighted by atomic mass is 10.2. The summed E-state index contributed by atoms with van der Waals surface area (Å²) in [5.74, 6) is -0.735. The van der Waals surface area contributed by atoms with E-state index in [0.29, 0.717) is 0 Å². The van der Waals surface area contributed by atoms with Gasteiger partial charge >= 0.3 is 5.97 Å². The summed E-state index contributed by atoms with van der Waals surface area (Å²) in [4.78, 5) is 34.4. The molecule has 0 aromatic carbocycles. The summed E-state index contributed by atoms with van der Waals surface area (Å²) in [6.45, 7) is 9.53. The largest absolute Gasteiger partial charge is 0.460 e. The van der Waals surface area contributed by atoms with Gasteiger partial charge in [0.1, 0.15) is 5.60 Å². The highest BCUT2D eigenvalue weighted by atomic mass is 16.6. The van der Waals surface area contributed by atoms with Crippen molar-refractivity contribution >= 4 is 17.8 Å². The second kappa shape index (κ2) is 9.37. The summed E-state index contributed by atoms with van der Waals surface area (Å²) in [6, 6.07) is 0.139. The van der Waals surface area contributed by atoms with Crippen molar-refractivity contribution in [1.29, 1.82) is 0 Å². The molecule has 0 aliphatic heterocycles. The smallest absolute Gasteiger partial charge is 0.306 e. The van der Waals surface area contributed by atoms with Crippen molar-refractivity contribution in [1.82, 2.24) is 10.6 Å². The number of hydrogen-bond donors (Lipinski definition) is 2. The van der Waals surface area contributed by atoms with E-state index in [-0.39, 0.29) is 43.7 Å². The molecule has 2 amide bonds. The summed E-state index contributed by atoms with van der Waals surface area (Å²) in [5, 5.41) is 5.43. The van der Waals surface area contributed by atoms with E-state index < -0.39 is 11.6 Å². The Morgan fingerprint density at radius 1 is 1.05 bits per heavy atom. The van der Waals surface area contributed by atoms with Gasteiger partial charge in [-0.1, -0.05) is 6.92 Å². The van der Waals surface area contributed by atoms with Crippen LogP contribution in [0.1, 0.15) is 60.3 Å². The number of carbonyl (C=O) groups is 3. The van der Waals surface area contributed by atoms with Crippen LogP contribution in [0, 0.1) is 0 Å². The number of carbonyl (C=O) groups excluding carboxylic acids is 3. The van der Waals surface area contributed by atoms with Crippen molar-refractivity contribution in [2.24, 2.45) is 0 Å². The highest BCUT2D eigenvalue weighted by Gasteiger charge is 2.17. The fraction of sp³-hybridized carbons (Fsp3) is 0.800. The molecule has 0 saturated heterocycles. The first-order valence-electron chi connectivity index (χ1n) is 7.42. The molecule has 1 atom stereocenters. The Hall–Kier alpha value is -1.59. The maximum Gasteiger partial charge on any atom is 0.306 e. The molecule has 0 saturated carbocycles. The van der Waals surface area contributed by atoms with Crippen molar-refractivity contribution in [3.05, 3.63) is 0 Å². The van der Waals surface area contributed by atoms with Crippen LogP contribution in [0.5, 0.6) is 0 Å². The molecule has 0 heterocycles. The van der Waals surface area contributed by atoms with Crippen LogP contribution in [0.25, 0.3) is 0 Å². The van der Waals surface area contributed by atoms with Crippen molar-refractivity contribution in [3.8, 4) is 0 Å². The standard InChI is InChI=1S/C15H28N2O4/c1-6-11(2)17-13(19)9-10-16-12(18)7-8-14(20)21-15(3,4)5/h11H,6-10H2,1-5H3,(H,16,18)(H,17,19). The molecule has 2 N–H and O–H groups in total. The average Bonchev–Trinajstić information content (AvgIpc) is 2.34. The van der Waals surface area contributed by atoms with Gasteiger partial charge in [-0.05, 0) is 34.1 Å². The topological polar surface area (TPSA) is 84.5 Å². The summed E-state index contributed by atoms with van der Waals surface area (Å²) in [5.41, 5.74) is -0.540. The van der Waals surface area contributed by atoms with Crippen LogP contribution in [-0.4, -0.2) is 36.0 Å². The van der Waals surface area contributed by atoms with E-state index in [4.69, 9.17) is 4.74 Å². The Bertz CT molecular complexity index is 361. The van der Waals surface area contributed by atoms with Crippen LogP contribution >= 0.6 is 0 Å². The van der Waals surface area contributed by atoms with E-state index in [1.807, 2.05) is 13.8 Å². The van der Waals surface area contributed by atoms with Gasteiger partial charge in [-0.15, -0.1) is 0 Å². The average molecular weight is 300 g/mol. The molecule has 0 radical (unpaired) electrons. The zero-order chi connectivity index (χ0) is 16.5. The molecule has 0 aliphatic carbocycles. The molecule has 6 heteroatoms. The lowest BCUT2D eigenvalue weighted by molar-refractivity contribution is -0.155. The quantitative estimate of drug-likeness (QED) is 0.666. The zero-order valence-corrected chi connectivity index (χ0v) is 13.7. The molecular formula is C15H28N2O4. The molecule has 1 unspecified atom stereocenters. The Labute approximate surface area is 127 Å². The number of esters is 1. The van der Waals surface area contributed by atoms with Crippen molar-refractivity contribution in [3.63, 3.8) is 0 Å². The Morgan fingerprint density at radius 3 is 2.19 bits per heavy atom. The first-order chi connectivity index (χ1) is 9.64. The van der Waals surface area contributed by atoms with E-state index in [0.717, 1.165) is 6.42 Å². The normalized spacial score (nSPS) is 12.4. The van der Waals surface area contributed by atoms with Gasteiger partial charge in [-0.25, -0.2) is 0 Å². The third-order valence-corrected chi connectivity index (χ3v) is 2.67. The third-order valence-electron chi connectivity index (χ3n) is 2.67. The predicted octanol–water partition coefficient (Wildman–Crippen LogP) is 1.53. The molecule has 21 heavy (non-hydrogen) atoms. The molecule has 122 valence electrons. The molecule has 0 aromatic heterocycles.